The Morgan fingerprint density at radius 1 is 1.25 bits per heavy atom. The molecule has 154 valence electrons. The summed E-state index contributed by atoms with van der Waals surface area (Å²) in [4.78, 5) is 16.1. The summed E-state index contributed by atoms with van der Waals surface area (Å²) >= 11 is 1.18. The van der Waals surface area contributed by atoms with Crippen molar-refractivity contribution in [3.8, 4) is 5.75 Å². The molecule has 0 bridgehead atoms. The Morgan fingerprint density at radius 3 is 2.39 bits per heavy atom. The van der Waals surface area contributed by atoms with Gasteiger partial charge in [0.1, 0.15) is 11.8 Å². The molecule has 0 radical (unpaired) electrons. The fourth-order valence-corrected chi connectivity index (χ4v) is 3.97. The zero-order valence-electron chi connectivity index (χ0n) is 14.9. The first-order chi connectivity index (χ1) is 13.0. The van der Waals surface area contributed by atoms with Crippen molar-refractivity contribution in [3.63, 3.8) is 0 Å². The summed E-state index contributed by atoms with van der Waals surface area (Å²) < 4.78 is 67.8. The van der Waals surface area contributed by atoms with E-state index in [9.17, 15) is 26.4 Å². The van der Waals surface area contributed by atoms with Crippen LogP contribution in [0.3, 0.4) is 0 Å². The van der Waals surface area contributed by atoms with E-state index in [1.165, 1.54) is 17.5 Å². The number of amides is 1. The number of thiazole rings is 1. The van der Waals surface area contributed by atoms with Crippen molar-refractivity contribution >= 4 is 32.4 Å². The first-order valence-electron chi connectivity index (χ1n) is 8.05. The molecule has 28 heavy (non-hydrogen) atoms. The van der Waals surface area contributed by atoms with Gasteiger partial charge in [-0.05, 0) is 36.6 Å². The fourth-order valence-electron chi connectivity index (χ4n) is 2.23. The average Bonchev–Trinajstić information content (AvgIpc) is 3.05. The standard InChI is InChI=1S/C16H18F3N3O4S2/c1-10(2)9-13(14(23)21-15-20-7-8-27-15)22-28(24,25)12-5-3-11(4-6-12)26-16(17,18)19/h3-8,10,13,22H,9H2,1-2H3,(H,20,21,23). The molecule has 2 N–H and O–H groups in total. The second kappa shape index (κ2) is 8.88. The highest BCUT2D eigenvalue weighted by molar-refractivity contribution is 7.89. The zero-order valence-corrected chi connectivity index (χ0v) is 16.5. The van der Waals surface area contributed by atoms with Crippen LogP contribution in [-0.2, 0) is 14.8 Å². The van der Waals surface area contributed by atoms with Gasteiger partial charge in [-0.3, -0.25) is 4.79 Å². The third-order valence-electron chi connectivity index (χ3n) is 3.35. The van der Waals surface area contributed by atoms with Gasteiger partial charge in [-0.15, -0.1) is 24.5 Å². The van der Waals surface area contributed by atoms with Crippen molar-refractivity contribution in [3.05, 3.63) is 35.8 Å². The maximum atomic E-state index is 12.6. The minimum Gasteiger partial charge on any atom is -0.406 e. The van der Waals surface area contributed by atoms with Gasteiger partial charge in [-0.1, -0.05) is 13.8 Å². The van der Waals surface area contributed by atoms with E-state index < -0.39 is 34.1 Å². The molecule has 0 fully saturated rings. The number of carbonyl (C=O) groups is 1. The van der Waals surface area contributed by atoms with Gasteiger partial charge in [0, 0.05) is 11.6 Å². The normalized spacial score (nSPS) is 13.4. The van der Waals surface area contributed by atoms with Crippen LogP contribution in [0.25, 0.3) is 0 Å². The molecule has 0 aliphatic carbocycles. The summed E-state index contributed by atoms with van der Waals surface area (Å²) in [5, 5.41) is 4.51. The number of nitrogens with one attached hydrogen (secondary N) is 2. The minimum absolute atomic E-state index is 0.00249. The Balaban J connectivity index is 2.16. The van der Waals surface area contributed by atoms with E-state index in [4.69, 9.17) is 0 Å². The number of benzene rings is 1. The molecule has 0 aliphatic heterocycles. The van der Waals surface area contributed by atoms with Crippen LogP contribution < -0.4 is 14.8 Å². The lowest BCUT2D eigenvalue weighted by atomic mass is 10.0. The predicted molar refractivity (Wildman–Crippen MR) is 97.4 cm³/mol. The monoisotopic (exact) mass is 437 g/mol. The highest BCUT2D eigenvalue weighted by Gasteiger charge is 2.31. The highest BCUT2D eigenvalue weighted by Crippen LogP contribution is 2.24. The van der Waals surface area contributed by atoms with Gasteiger partial charge >= 0.3 is 6.36 Å². The number of rotatable bonds is 8. The quantitative estimate of drug-likeness (QED) is 0.660. The molecule has 2 rings (SSSR count). The van der Waals surface area contributed by atoms with Crippen molar-refractivity contribution < 1.29 is 31.1 Å². The molecule has 1 unspecified atom stereocenters. The molecule has 0 saturated carbocycles. The van der Waals surface area contributed by atoms with Gasteiger partial charge in [-0.25, -0.2) is 13.4 Å². The second-order valence-corrected chi connectivity index (χ2v) is 8.76. The number of ether oxygens (including phenoxy) is 1. The van der Waals surface area contributed by atoms with Crippen LogP contribution in [-0.4, -0.2) is 31.7 Å². The summed E-state index contributed by atoms with van der Waals surface area (Å²) in [5.74, 6) is -1.13. The number of anilines is 1. The maximum Gasteiger partial charge on any atom is 0.573 e. The molecule has 1 aromatic heterocycles. The van der Waals surface area contributed by atoms with Crippen molar-refractivity contribution in [1.29, 1.82) is 0 Å². The van der Waals surface area contributed by atoms with Crippen LogP contribution in [0, 0.1) is 5.92 Å². The number of carbonyl (C=O) groups excluding carboxylic acids is 1. The number of nitrogens with zero attached hydrogens (tertiary/aromatic N) is 1. The van der Waals surface area contributed by atoms with Crippen molar-refractivity contribution in [2.75, 3.05) is 5.32 Å². The number of alkyl halides is 3. The van der Waals surface area contributed by atoms with Gasteiger partial charge in [-0.2, -0.15) is 4.72 Å². The molecule has 1 heterocycles. The van der Waals surface area contributed by atoms with E-state index in [1.54, 1.807) is 5.38 Å². The Morgan fingerprint density at radius 2 is 1.89 bits per heavy atom. The third-order valence-corrected chi connectivity index (χ3v) is 5.53. The average molecular weight is 437 g/mol. The molecule has 1 aromatic carbocycles. The third kappa shape index (κ3) is 6.77. The van der Waals surface area contributed by atoms with E-state index >= 15 is 0 Å². The largest absolute Gasteiger partial charge is 0.573 e. The lowest BCUT2D eigenvalue weighted by Crippen LogP contribution is -2.44. The summed E-state index contributed by atoms with van der Waals surface area (Å²) in [6.07, 6.45) is -3.17. The molecule has 2 aromatic rings. The molecule has 7 nitrogen and oxygen atoms in total. The van der Waals surface area contributed by atoms with Crippen LogP contribution in [0.4, 0.5) is 18.3 Å². The fraction of sp³-hybridized carbons (Fsp3) is 0.375. The molecule has 0 spiro atoms. The molecular weight excluding hydrogens is 419 g/mol. The molecular formula is C16H18F3N3O4S2. The van der Waals surface area contributed by atoms with Gasteiger partial charge in [0.2, 0.25) is 15.9 Å². The molecule has 0 aliphatic rings. The number of sulfonamides is 1. The zero-order chi connectivity index (χ0) is 20.9. The first kappa shape index (κ1) is 22.1. The number of halogens is 3. The van der Waals surface area contributed by atoms with Gasteiger partial charge < -0.3 is 10.1 Å². The molecule has 12 heteroatoms. The maximum absolute atomic E-state index is 12.6. The highest BCUT2D eigenvalue weighted by atomic mass is 32.2. The van der Waals surface area contributed by atoms with Crippen LogP contribution in [0.1, 0.15) is 20.3 Å². The van der Waals surface area contributed by atoms with Gasteiger partial charge in [0.25, 0.3) is 0 Å². The predicted octanol–water partition coefficient (Wildman–Crippen LogP) is 3.37. The molecule has 1 amide bonds. The first-order valence-corrected chi connectivity index (χ1v) is 10.4. The minimum atomic E-state index is -4.88. The van der Waals surface area contributed by atoms with E-state index in [0.717, 1.165) is 24.3 Å². The van der Waals surface area contributed by atoms with Crippen LogP contribution in [0.5, 0.6) is 5.75 Å². The van der Waals surface area contributed by atoms with Gasteiger partial charge in [0.05, 0.1) is 4.90 Å². The van der Waals surface area contributed by atoms with Crippen molar-refractivity contribution in [1.82, 2.24) is 9.71 Å². The van der Waals surface area contributed by atoms with Crippen LogP contribution in [0.2, 0.25) is 0 Å². The van der Waals surface area contributed by atoms with Crippen LogP contribution in [0.15, 0.2) is 40.7 Å². The van der Waals surface area contributed by atoms with Gasteiger partial charge in [0.15, 0.2) is 5.13 Å². The van der Waals surface area contributed by atoms with E-state index in [2.05, 4.69) is 19.8 Å². The van der Waals surface area contributed by atoms with E-state index in [1.807, 2.05) is 13.8 Å². The number of hydrogen-bond acceptors (Lipinski definition) is 6. The summed E-state index contributed by atoms with van der Waals surface area (Å²) in [6.45, 7) is 3.64. The van der Waals surface area contributed by atoms with Crippen LogP contribution >= 0.6 is 11.3 Å². The SMILES string of the molecule is CC(C)CC(NS(=O)(=O)c1ccc(OC(F)(F)F)cc1)C(=O)Nc1nccs1. The van der Waals surface area contributed by atoms with Crippen molar-refractivity contribution in [2.45, 2.75) is 37.6 Å². The summed E-state index contributed by atoms with van der Waals surface area (Å²) in [6, 6.07) is 2.62. The number of aromatic nitrogens is 1. The summed E-state index contributed by atoms with van der Waals surface area (Å²) in [7, 11) is -4.15. The topological polar surface area (TPSA) is 97.4 Å². The Bertz CT molecular complexity index is 883. The Kier molecular flexibility index (Phi) is 7.01. The lowest BCUT2D eigenvalue weighted by molar-refractivity contribution is -0.274. The van der Waals surface area contributed by atoms with E-state index in [0.29, 0.717) is 5.13 Å². The summed E-state index contributed by atoms with van der Waals surface area (Å²) in [5.41, 5.74) is 0. The Hall–Kier alpha value is -2.18. The number of hydrogen-bond donors (Lipinski definition) is 2. The lowest BCUT2D eigenvalue weighted by Gasteiger charge is -2.19. The smallest absolute Gasteiger partial charge is 0.406 e. The van der Waals surface area contributed by atoms with Crippen molar-refractivity contribution in [2.24, 2.45) is 5.92 Å². The Labute approximate surface area is 164 Å². The van der Waals surface area contributed by atoms with E-state index in [-0.39, 0.29) is 17.2 Å². The molecule has 0 saturated heterocycles. The second-order valence-electron chi connectivity index (χ2n) is 6.15. The molecule has 1 atom stereocenters.